The van der Waals surface area contributed by atoms with Crippen molar-refractivity contribution < 1.29 is 12.8 Å². The van der Waals surface area contributed by atoms with Crippen LogP contribution in [0.25, 0.3) is 0 Å². The lowest BCUT2D eigenvalue weighted by Crippen LogP contribution is -2.25. The molecule has 3 nitrogen and oxygen atoms in total. The van der Waals surface area contributed by atoms with E-state index in [-0.39, 0.29) is 17.6 Å². The molecule has 0 bridgehead atoms. The van der Waals surface area contributed by atoms with Gasteiger partial charge in [0.2, 0.25) is 0 Å². The van der Waals surface area contributed by atoms with Crippen molar-refractivity contribution in [3.05, 3.63) is 34.1 Å². The fourth-order valence-corrected chi connectivity index (χ4v) is 2.84. The quantitative estimate of drug-likeness (QED) is 0.820. The van der Waals surface area contributed by atoms with Gasteiger partial charge in [0.25, 0.3) is 0 Å². The maximum absolute atomic E-state index is 13.9. The minimum atomic E-state index is -3.05. The molecule has 1 aromatic carbocycles. The smallest absolute Gasteiger partial charge is 0.147 e. The third kappa shape index (κ3) is 6.01. The van der Waals surface area contributed by atoms with E-state index in [0.717, 1.165) is 17.4 Å². The van der Waals surface area contributed by atoms with Crippen LogP contribution >= 0.6 is 15.9 Å². The molecule has 6 heteroatoms. The van der Waals surface area contributed by atoms with Crippen molar-refractivity contribution in [2.24, 2.45) is 0 Å². The first-order valence-electron chi connectivity index (χ1n) is 6.19. The van der Waals surface area contributed by atoms with E-state index in [2.05, 4.69) is 21.2 Å². The predicted molar refractivity (Wildman–Crippen MR) is 79.5 cm³/mol. The molecule has 0 spiro atoms. The fourth-order valence-electron chi connectivity index (χ4n) is 1.80. The van der Waals surface area contributed by atoms with Gasteiger partial charge in [0.15, 0.2) is 0 Å². The van der Waals surface area contributed by atoms with Crippen LogP contribution in [-0.4, -0.2) is 27.0 Å². The van der Waals surface area contributed by atoms with E-state index in [9.17, 15) is 12.8 Å². The molecule has 0 aliphatic rings. The summed E-state index contributed by atoms with van der Waals surface area (Å²) in [4.78, 5) is 0. The van der Waals surface area contributed by atoms with Gasteiger partial charge in [0.05, 0.1) is 5.75 Å². The van der Waals surface area contributed by atoms with E-state index in [1.165, 1.54) is 12.3 Å². The number of halogens is 2. The van der Waals surface area contributed by atoms with Gasteiger partial charge in [-0.1, -0.05) is 22.9 Å². The highest BCUT2D eigenvalue weighted by Crippen LogP contribution is 2.24. The van der Waals surface area contributed by atoms with Gasteiger partial charge in [-0.25, -0.2) is 12.8 Å². The Morgan fingerprint density at radius 2 is 2.11 bits per heavy atom. The van der Waals surface area contributed by atoms with Gasteiger partial charge in [0.1, 0.15) is 15.7 Å². The Balaban J connectivity index is 2.91. The molecule has 1 rings (SSSR count). The summed E-state index contributed by atoms with van der Waals surface area (Å²) in [5.74, 6) is -0.273. The molecule has 0 aliphatic carbocycles. The lowest BCUT2D eigenvalue weighted by atomic mass is 10.0. The van der Waals surface area contributed by atoms with Crippen molar-refractivity contribution in [2.45, 2.75) is 25.8 Å². The molecule has 0 heterocycles. The monoisotopic (exact) mass is 351 g/mol. The van der Waals surface area contributed by atoms with Crippen LogP contribution in [0.4, 0.5) is 4.39 Å². The van der Waals surface area contributed by atoms with E-state index in [4.69, 9.17) is 0 Å². The molecular formula is C13H19BrFNO2S. The third-order valence-corrected chi connectivity index (χ3v) is 4.22. The van der Waals surface area contributed by atoms with E-state index in [0.29, 0.717) is 12.0 Å². The topological polar surface area (TPSA) is 46.2 Å². The summed E-state index contributed by atoms with van der Waals surface area (Å²) in [5.41, 5.74) is 0.506. The van der Waals surface area contributed by atoms with Gasteiger partial charge in [-0.15, -0.1) is 0 Å². The van der Waals surface area contributed by atoms with E-state index >= 15 is 0 Å². The van der Waals surface area contributed by atoms with Crippen molar-refractivity contribution in [2.75, 3.05) is 18.6 Å². The summed E-state index contributed by atoms with van der Waals surface area (Å²) < 4.78 is 37.2. The van der Waals surface area contributed by atoms with Gasteiger partial charge in [-0.05, 0) is 37.6 Å². The highest BCUT2D eigenvalue weighted by atomic mass is 79.9. The van der Waals surface area contributed by atoms with Gasteiger partial charge >= 0.3 is 0 Å². The lowest BCUT2D eigenvalue weighted by molar-refractivity contribution is 0.486. The van der Waals surface area contributed by atoms with Crippen molar-refractivity contribution in [1.82, 2.24) is 5.32 Å². The predicted octanol–water partition coefficient (Wildman–Crippen LogP) is 3.06. The molecule has 0 amide bonds. The van der Waals surface area contributed by atoms with Gasteiger partial charge in [0, 0.05) is 22.3 Å². The number of hydrogen-bond donors (Lipinski definition) is 1. The molecule has 1 aromatic rings. The lowest BCUT2D eigenvalue weighted by Gasteiger charge is -2.19. The highest BCUT2D eigenvalue weighted by Gasteiger charge is 2.17. The number of benzene rings is 1. The molecule has 0 aliphatic heterocycles. The number of rotatable bonds is 7. The molecular weight excluding hydrogens is 333 g/mol. The third-order valence-electron chi connectivity index (χ3n) is 2.75. The van der Waals surface area contributed by atoms with E-state index in [1.807, 2.05) is 6.92 Å². The zero-order valence-corrected chi connectivity index (χ0v) is 13.5. The second-order valence-corrected chi connectivity index (χ2v) is 7.77. The van der Waals surface area contributed by atoms with E-state index in [1.54, 1.807) is 12.1 Å². The Kier molecular flexibility index (Phi) is 6.42. The van der Waals surface area contributed by atoms with Gasteiger partial charge in [-0.2, -0.15) is 0 Å². The van der Waals surface area contributed by atoms with E-state index < -0.39 is 9.84 Å². The Labute approximate surface area is 122 Å². The molecule has 0 radical (unpaired) electrons. The zero-order valence-electron chi connectivity index (χ0n) is 11.1. The molecule has 108 valence electrons. The van der Waals surface area contributed by atoms with Crippen LogP contribution in [0.3, 0.4) is 0 Å². The maximum atomic E-state index is 13.9. The van der Waals surface area contributed by atoms with Crippen molar-refractivity contribution in [1.29, 1.82) is 0 Å². The maximum Gasteiger partial charge on any atom is 0.147 e. The van der Waals surface area contributed by atoms with Crippen LogP contribution in [0.1, 0.15) is 31.4 Å². The number of hydrogen-bond acceptors (Lipinski definition) is 3. The second-order valence-electron chi connectivity index (χ2n) is 4.59. The molecule has 1 N–H and O–H groups in total. The summed E-state index contributed by atoms with van der Waals surface area (Å²) in [5, 5.41) is 3.20. The van der Waals surface area contributed by atoms with Crippen molar-refractivity contribution in [3.63, 3.8) is 0 Å². The minimum Gasteiger partial charge on any atom is -0.310 e. The van der Waals surface area contributed by atoms with Crippen LogP contribution in [0.2, 0.25) is 0 Å². The summed E-state index contributed by atoms with van der Waals surface area (Å²) in [7, 11) is -3.05. The number of sulfone groups is 1. The van der Waals surface area contributed by atoms with Crippen molar-refractivity contribution in [3.8, 4) is 0 Å². The largest absolute Gasteiger partial charge is 0.310 e. The average Bonchev–Trinajstić information content (AvgIpc) is 2.32. The molecule has 0 fully saturated rings. The highest BCUT2D eigenvalue weighted by molar-refractivity contribution is 9.10. The van der Waals surface area contributed by atoms with Crippen LogP contribution in [0, 0.1) is 5.82 Å². The van der Waals surface area contributed by atoms with Crippen LogP contribution < -0.4 is 5.32 Å². The standard InChI is InChI=1S/C13H19BrFNO2S/c1-3-7-16-13(6-8-19(2,17)18)11-9-10(14)4-5-12(11)15/h4-5,9,13,16H,3,6-8H2,1-2H3. The summed E-state index contributed by atoms with van der Waals surface area (Å²) in [6.45, 7) is 2.73. The van der Waals surface area contributed by atoms with Crippen molar-refractivity contribution >= 4 is 25.8 Å². The zero-order chi connectivity index (χ0) is 14.5. The summed E-state index contributed by atoms with van der Waals surface area (Å²) in [6, 6.07) is 4.43. The SMILES string of the molecule is CCCNC(CCS(C)(=O)=O)c1cc(Br)ccc1F. The Bertz CT molecular complexity index is 519. The summed E-state index contributed by atoms with van der Waals surface area (Å²) >= 11 is 3.31. The minimum absolute atomic E-state index is 0.0420. The molecule has 0 saturated carbocycles. The van der Waals surface area contributed by atoms with Crippen LogP contribution in [0.5, 0.6) is 0 Å². The van der Waals surface area contributed by atoms with Gasteiger partial charge in [-0.3, -0.25) is 0 Å². The molecule has 1 unspecified atom stereocenters. The fraction of sp³-hybridized carbons (Fsp3) is 0.538. The first-order chi connectivity index (χ1) is 8.83. The Morgan fingerprint density at radius 1 is 1.42 bits per heavy atom. The molecule has 19 heavy (non-hydrogen) atoms. The van der Waals surface area contributed by atoms with Crippen LogP contribution in [-0.2, 0) is 9.84 Å². The second kappa shape index (κ2) is 7.36. The molecule has 0 saturated heterocycles. The normalized spacial score (nSPS) is 13.5. The number of nitrogens with one attached hydrogen (secondary N) is 1. The first-order valence-corrected chi connectivity index (χ1v) is 9.05. The van der Waals surface area contributed by atoms with Crippen LogP contribution in [0.15, 0.2) is 22.7 Å². The molecule has 1 atom stereocenters. The molecule has 0 aromatic heterocycles. The Hall–Kier alpha value is -0.460. The Morgan fingerprint density at radius 3 is 2.68 bits per heavy atom. The van der Waals surface area contributed by atoms with Gasteiger partial charge < -0.3 is 5.32 Å². The summed E-state index contributed by atoms with van der Waals surface area (Å²) in [6.07, 6.45) is 2.47. The average molecular weight is 352 g/mol. The first kappa shape index (κ1) is 16.6.